The van der Waals surface area contributed by atoms with Gasteiger partial charge in [-0.3, -0.25) is 0 Å². The Kier molecular flexibility index (Phi) is 3.08. The van der Waals surface area contributed by atoms with Gasteiger partial charge in [0.05, 0.1) is 0 Å². The summed E-state index contributed by atoms with van der Waals surface area (Å²) in [5.74, 6) is 0.872. The quantitative estimate of drug-likeness (QED) is 0.751. The Hall–Kier alpha value is -1.18. The standard InChI is InChI=1S/C9H14N4O2S/c10-16(14,15)13-7-5-12(6-8-13)9-3-1-2-4-11-9/h1-4H,5-8H2,(H2,10,14,15). The number of piperazine rings is 1. The topological polar surface area (TPSA) is 79.5 Å². The fourth-order valence-electron chi connectivity index (χ4n) is 1.71. The van der Waals surface area contributed by atoms with E-state index in [0.717, 1.165) is 5.82 Å². The molecule has 0 aliphatic carbocycles. The lowest BCUT2D eigenvalue weighted by Crippen LogP contribution is -2.50. The van der Waals surface area contributed by atoms with Crippen LogP contribution < -0.4 is 10.0 Å². The van der Waals surface area contributed by atoms with Crippen molar-refractivity contribution >= 4 is 16.0 Å². The second-order valence-corrected chi connectivity index (χ2v) is 5.17. The summed E-state index contributed by atoms with van der Waals surface area (Å²) < 4.78 is 23.5. The van der Waals surface area contributed by atoms with Crippen LogP contribution in [0.15, 0.2) is 24.4 Å². The second kappa shape index (κ2) is 4.36. The zero-order chi connectivity index (χ0) is 11.6. The molecule has 1 aliphatic heterocycles. The summed E-state index contributed by atoms with van der Waals surface area (Å²) in [6, 6.07) is 5.67. The van der Waals surface area contributed by atoms with Crippen LogP contribution in [0, 0.1) is 0 Å². The molecular weight excluding hydrogens is 228 g/mol. The number of nitrogens with two attached hydrogens (primary N) is 1. The smallest absolute Gasteiger partial charge is 0.277 e. The van der Waals surface area contributed by atoms with Crippen LogP contribution in [0.5, 0.6) is 0 Å². The van der Waals surface area contributed by atoms with E-state index in [4.69, 9.17) is 5.14 Å². The zero-order valence-corrected chi connectivity index (χ0v) is 9.60. The monoisotopic (exact) mass is 242 g/mol. The molecule has 1 aliphatic rings. The molecule has 0 amide bonds. The predicted molar refractivity (Wildman–Crippen MR) is 61.1 cm³/mol. The second-order valence-electron chi connectivity index (χ2n) is 3.62. The van der Waals surface area contributed by atoms with Crippen molar-refractivity contribution in [3.05, 3.63) is 24.4 Å². The SMILES string of the molecule is NS(=O)(=O)N1CCN(c2ccccn2)CC1. The molecule has 0 aromatic carbocycles. The number of hydrogen-bond acceptors (Lipinski definition) is 4. The van der Waals surface area contributed by atoms with Crippen molar-refractivity contribution in [1.29, 1.82) is 0 Å². The van der Waals surface area contributed by atoms with Gasteiger partial charge in [-0.15, -0.1) is 0 Å². The molecule has 2 N–H and O–H groups in total. The highest BCUT2D eigenvalue weighted by Gasteiger charge is 2.24. The highest BCUT2D eigenvalue weighted by Crippen LogP contribution is 2.13. The molecule has 0 bridgehead atoms. The van der Waals surface area contributed by atoms with E-state index in [9.17, 15) is 8.42 Å². The molecule has 0 atom stereocenters. The molecule has 1 aromatic heterocycles. The van der Waals surface area contributed by atoms with E-state index in [1.807, 2.05) is 23.1 Å². The number of rotatable bonds is 2. The lowest BCUT2D eigenvalue weighted by molar-refractivity contribution is 0.384. The summed E-state index contributed by atoms with van der Waals surface area (Å²) in [5, 5.41) is 5.06. The molecule has 6 nitrogen and oxygen atoms in total. The van der Waals surface area contributed by atoms with Gasteiger partial charge >= 0.3 is 0 Å². The van der Waals surface area contributed by atoms with Gasteiger partial charge in [0.2, 0.25) is 0 Å². The maximum Gasteiger partial charge on any atom is 0.277 e. The Morgan fingerprint density at radius 3 is 2.38 bits per heavy atom. The van der Waals surface area contributed by atoms with Crippen LogP contribution in [-0.2, 0) is 10.2 Å². The van der Waals surface area contributed by atoms with Crippen LogP contribution >= 0.6 is 0 Å². The lowest BCUT2D eigenvalue weighted by Gasteiger charge is -2.33. The van der Waals surface area contributed by atoms with E-state index in [1.165, 1.54) is 4.31 Å². The Bertz CT molecular complexity index is 440. The van der Waals surface area contributed by atoms with Gasteiger partial charge in [-0.05, 0) is 12.1 Å². The molecule has 1 fully saturated rings. The molecule has 2 rings (SSSR count). The molecule has 88 valence electrons. The van der Waals surface area contributed by atoms with Crippen LogP contribution in [0.3, 0.4) is 0 Å². The summed E-state index contributed by atoms with van der Waals surface area (Å²) in [6.07, 6.45) is 1.72. The number of nitrogens with zero attached hydrogens (tertiary/aromatic N) is 3. The molecule has 0 unspecified atom stereocenters. The van der Waals surface area contributed by atoms with Crippen molar-refractivity contribution in [1.82, 2.24) is 9.29 Å². The first kappa shape index (κ1) is 11.3. The van der Waals surface area contributed by atoms with Gasteiger partial charge in [-0.1, -0.05) is 6.07 Å². The van der Waals surface area contributed by atoms with Gasteiger partial charge in [0, 0.05) is 32.4 Å². The van der Waals surface area contributed by atoms with Crippen molar-refractivity contribution in [3.63, 3.8) is 0 Å². The summed E-state index contributed by atoms with van der Waals surface area (Å²) >= 11 is 0. The van der Waals surface area contributed by atoms with Crippen molar-refractivity contribution in [3.8, 4) is 0 Å². The Balaban J connectivity index is 2.01. The number of aromatic nitrogens is 1. The van der Waals surface area contributed by atoms with Crippen LogP contribution in [0.25, 0.3) is 0 Å². The highest BCUT2D eigenvalue weighted by molar-refractivity contribution is 7.86. The summed E-state index contributed by atoms with van der Waals surface area (Å²) in [6.45, 7) is 2.06. The van der Waals surface area contributed by atoms with Crippen molar-refractivity contribution < 1.29 is 8.42 Å². The first-order chi connectivity index (χ1) is 7.57. The third kappa shape index (κ3) is 2.49. The Morgan fingerprint density at radius 1 is 1.19 bits per heavy atom. The molecule has 1 saturated heterocycles. The van der Waals surface area contributed by atoms with Gasteiger partial charge in [0.15, 0.2) is 0 Å². The molecule has 0 saturated carbocycles. The van der Waals surface area contributed by atoms with Crippen LogP contribution in [0.1, 0.15) is 0 Å². The minimum absolute atomic E-state index is 0.412. The van der Waals surface area contributed by atoms with Gasteiger partial charge < -0.3 is 4.90 Å². The average molecular weight is 242 g/mol. The van der Waals surface area contributed by atoms with Gasteiger partial charge in [-0.25, -0.2) is 10.1 Å². The van der Waals surface area contributed by atoms with E-state index in [0.29, 0.717) is 26.2 Å². The molecule has 16 heavy (non-hydrogen) atoms. The Morgan fingerprint density at radius 2 is 1.88 bits per heavy atom. The largest absolute Gasteiger partial charge is 0.354 e. The summed E-state index contributed by atoms with van der Waals surface area (Å²) in [5.41, 5.74) is 0. The maximum absolute atomic E-state index is 11.1. The van der Waals surface area contributed by atoms with Gasteiger partial charge in [0.25, 0.3) is 10.2 Å². The first-order valence-electron chi connectivity index (χ1n) is 5.01. The minimum Gasteiger partial charge on any atom is -0.354 e. The Labute approximate surface area is 94.9 Å². The first-order valence-corrected chi connectivity index (χ1v) is 6.51. The minimum atomic E-state index is -3.55. The maximum atomic E-state index is 11.1. The van der Waals surface area contributed by atoms with Gasteiger partial charge in [-0.2, -0.15) is 12.7 Å². The van der Waals surface area contributed by atoms with Crippen molar-refractivity contribution in [2.24, 2.45) is 5.14 Å². The van der Waals surface area contributed by atoms with Crippen LogP contribution in [0.4, 0.5) is 5.82 Å². The molecule has 0 spiro atoms. The molecule has 0 radical (unpaired) electrons. The van der Waals surface area contributed by atoms with E-state index < -0.39 is 10.2 Å². The van der Waals surface area contributed by atoms with E-state index in [2.05, 4.69) is 4.98 Å². The average Bonchev–Trinajstić information content (AvgIpc) is 2.29. The predicted octanol–water partition coefficient (Wildman–Crippen LogP) is -0.593. The van der Waals surface area contributed by atoms with Crippen LogP contribution in [0.2, 0.25) is 0 Å². The third-order valence-corrected chi connectivity index (χ3v) is 3.66. The van der Waals surface area contributed by atoms with E-state index in [-0.39, 0.29) is 0 Å². The number of anilines is 1. The van der Waals surface area contributed by atoms with E-state index in [1.54, 1.807) is 6.20 Å². The van der Waals surface area contributed by atoms with Crippen molar-refractivity contribution in [2.45, 2.75) is 0 Å². The van der Waals surface area contributed by atoms with E-state index >= 15 is 0 Å². The fraction of sp³-hybridized carbons (Fsp3) is 0.444. The van der Waals surface area contributed by atoms with Gasteiger partial charge in [0.1, 0.15) is 5.82 Å². The summed E-state index contributed by atoms with van der Waals surface area (Å²) in [4.78, 5) is 6.26. The zero-order valence-electron chi connectivity index (χ0n) is 8.78. The fourth-order valence-corrected chi connectivity index (χ4v) is 2.38. The third-order valence-electron chi connectivity index (χ3n) is 2.57. The number of hydrogen-bond donors (Lipinski definition) is 1. The van der Waals surface area contributed by atoms with Crippen molar-refractivity contribution in [2.75, 3.05) is 31.1 Å². The molecule has 1 aromatic rings. The molecular formula is C9H14N4O2S. The highest BCUT2D eigenvalue weighted by atomic mass is 32.2. The normalized spacial score (nSPS) is 18.7. The molecule has 2 heterocycles. The van der Waals surface area contributed by atoms with Crippen LogP contribution in [-0.4, -0.2) is 43.9 Å². The lowest BCUT2D eigenvalue weighted by atomic mass is 10.3. The summed E-state index contributed by atoms with van der Waals surface area (Å²) in [7, 11) is -3.55. The molecule has 7 heteroatoms. The number of pyridine rings is 1.